The van der Waals surface area contributed by atoms with Gasteiger partial charge in [-0.2, -0.15) is 12.9 Å². The minimum absolute atomic E-state index is 0.0220. The molecule has 0 amide bonds. The highest BCUT2D eigenvalue weighted by atomic mass is 31.3. The molecule has 3 radical (unpaired) electrons. The fraction of sp³-hybridized carbons (Fsp3) is 0.500. The summed E-state index contributed by atoms with van der Waals surface area (Å²) >= 11 is 0. The van der Waals surface area contributed by atoms with E-state index in [-0.39, 0.29) is 34.0 Å². The van der Waals surface area contributed by atoms with Crippen molar-refractivity contribution in [2.75, 3.05) is 24.7 Å². The number of aromatic nitrogens is 8. The molecule has 6 rings (SSSR count). The molecule has 12 N–H and O–H groups in total. The van der Waals surface area contributed by atoms with E-state index in [2.05, 4.69) is 51.7 Å². The number of ether oxygens (including phenoxy) is 2. The van der Waals surface area contributed by atoms with E-state index >= 15 is 0 Å². The van der Waals surface area contributed by atoms with Crippen molar-refractivity contribution in [3.05, 3.63) is 25.3 Å². The zero-order valence-corrected chi connectivity index (χ0v) is 32.2. The minimum atomic E-state index is -6.39. The Morgan fingerprint density at radius 3 is 1.42 bits per heavy atom. The first-order valence-corrected chi connectivity index (χ1v) is 22.7. The highest BCUT2D eigenvalue weighted by Crippen LogP contribution is 2.73. The van der Waals surface area contributed by atoms with Crippen LogP contribution in [0.15, 0.2) is 25.3 Å². The Kier molecular flexibility index (Phi) is 12.3. The zero-order valence-electron chi connectivity index (χ0n) is 27.8. The summed E-state index contributed by atoms with van der Waals surface area (Å²) in [7, 11) is -24.9. The van der Waals surface area contributed by atoms with Crippen LogP contribution in [0.5, 0.6) is 0 Å². The van der Waals surface area contributed by atoms with E-state index < -0.39 is 101 Å². The van der Waals surface area contributed by atoms with Crippen molar-refractivity contribution in [3.63, 3.8) is 0 Å². The molecule has 2 aliphatic heterocycles. The average Bonchev–Trinajstić information content (AvgIpc) is 3.83. The molecule has 13 atom stereocenters. The Balaban J connectivity index is 1.00. The molecule has 57 heavy (non-hydrogen) atoms. The maximum atomic E-state index is 12.6. The van der Waals surface area contributed by atoms with Gasteiger partial charge in [0, 0.05) is 0 Å². The van der Waals surface area contributed by atoms with E-state index in [0.717, 1.165) is 34.4 Å². The first kappa shape index (κ1) is 43.8. The summed E-state index contributed by atoms with van der Waals surface area (Å²) in [6, 6.07) is 0. The second-order valence-electron chi connectivity index (χ2n) is 11.6. The van der Waals surface area contributed by atoms with Crippen molar-refractivity contribution in [2.24, 2.45) is 0 Å². The predicted molar refractivity (Wildman–Crippen MR) is 180 cm³/mol. The zero-order chi connectivity index (χ0) is 41.9. The molecule has 37 heteroatoms. The summed E-state index contributed by atoms with van der Waals surface area (Å²) in [6.45, 7) is -2.20. The van der Waals surface area contributed by atoms with E-state index in [1.54, 1.807) is 0 Å². The Morgan fingerprint density at radius 2 is 0.982 bits per heavy atom. The topological polar surface area (TPSA) is 460 Å². The van der Waals surface area contributed by atoms with E-state index in [9.17, 15) is 62.8 Å². The Hall–Kier alpha value is -2.73. The number of hydrogen-bond donors (Lipinski definition) is 10. The third kappa shape index (κ3) is 9.85. The Bertz CT molecular complexity index is 2230. The number of nitrogen functional groups attached to an aromatic ring is 2. The Labute approximate surface area is 316 Å². The number of nitrogens with zero attached hydrogens (tertiary/aromatic N) is 8. The van der Waals surface area contributed by atoms with Crippen LogP contribution in [0.2, 0.25) is 0 Å². The van der Waals surface area contributed by atoms with Crippen LogP contribution in [0.3, 0.4) is 0 Å². The quantitative estimate of drug-likeness (QED) is 0.0423. The number of nitrogens with two attached hydrogens (primary N) is 2. The number of phosphoric acid groups is 4. The molecular weight excluding hydrogens is 882 g/mol. The predicted octanol–water partition coefficient (Wildman–Crippen LogP) is -2.15. The van der Waals surface area contributed by atoms with Crippen LogP contribution in [0.25, 0.3) is 22.3 Å². The molecule has 0 aromatic carbocycles. The van der Waals surface area contributed by atoms with Gasteiger partial charge in [-0.05, 0) is 0 Å². The third-order valence-corrected chi connectivity index (χ3v) is 15.3. The van der Waals surface area contributed by atoms with Gasteiger partial charge in [0.05, 0.1) is 33.3 Å². The van der Waals surface area contributed by atoms with Crippen molar-refractivity contribution < 1.29 is 98.6 Å². The van der Waals surface area contributed by atoms with Gasteiger partial charge in [0.2, 0.25) is 0 Å². The number of phosphoric ester groups is 1. The lowest BCUT2D eigenvalue weighted by Crippen LogP contribution is -2.33. The summed E-state index contributed by atoms with van der Waals surface area (Å²) in [6.07, 6.45) is -8.73. The van der Waals surface area contributed by atoms with Crippen molar-refractivity contribution in [2.45, 2.75) is 49.1 Å². The number of imidazole rings is 2. The van der Waals surface area contributed by atoms with Gasteiger partial charge in [-0.15, -0.1) is 0 Å². The number of anilines is 2. The second-order valence-corrected chi connectivity index (χ2v) is 19.5. The minimum Gasteiger partial charge on any atom is -0.443 e. The van der Waals surface area contributed by atoms with E-state index in [4.69, 9.17) is 33.0 Å². The lowest BCUT2D eigenvalue weighted by atomic mass is 10.1. The molecule has 31 nitrogen and oxygen atoms in total. The van der Waals surface area contributed by atoms with Gasteiger partial charge in [-0.25, -0.2) is 52.5 Å². The van der Waals surface area contributed by atoms with Crippen molar-refractivity contribution in [3.8, 4) is 0 Å². The standard InChI is InChI=1S/C20H28BN10O21P5/c21-53(36,45-1-7-11(32)13(34)19(47-7)30-5-28-9-15(22)24-3-26-17(9)30)49-55(39,40)51-57(43,44)52-56(41,42)50-54(37,38)46-2-8-12(33)14(35)20(48-8)31-6-29-10-16(23)25-4-27-18(10)31/h3-8,11-14,19-20,32-35H,1-2H2,(H,37,38)(H,39,40)(H,41,42)(H,43,44)(H2,22,24,26)(H2,23,25,27)/q-1/t7-,8-,11-,12-,13-,14-,19-,20-,53?/m1/s1. The van der Waals surface area contributed by atoms with E-state index in [1.807, 2.05) is 0 Å². The van der Waals surface area contributed by atoms with Crippen LogP contribution in [-0.2, 0) is 58.6 Å². The molecule has 0 bridgehead atoms. The van der Waals surface area contributed by atoms with Crippen molar-refractivity contribution in [1.29, 1.82) is 0 Å². The first-order chi connectivity index (χ1) is 26.4. The highest BCUT2D eigenvalue weighted by molar-refractivity contribution is 7.84. The van der Waals surface area contributed by atoms with Gasteiger partial charge < -0.3 is 77.6 Å². The third-order valence-electron chi connectivity index (χ3n) is 7.65. The average molecular weight is 910 g/mol. The van der Waals surface area contributed by atoms with Crippen LogP contribution < -0.4 is 11.5 Å². The fourth-order valence-electron chi connectivity index (χ4n) is 5.28. The molecule has 6 heterocycles. The first-order valence-electron chi connectivity index (χ1n) is 15.1. The van der Waals surface area contributed by atoms with E-state index in [1.165, 1.54) is 0 Å². The van der Waals surface area contributed by atoms with Gasteiger partial charge in [0.15, 0.2) is 35.4 Å². The number of fused-ring (bicyclic) bond motifs is 2. The molecule has 2 aliphatic rings. The summed E-state index contributed by atoms with van der Waals surface area (Å²) < 4.78 is 100.0. The number of aliphatic hydroxyl groups is 4. The molecule has 0 aliphatic carbocycles. The van der Waals surface area contributed by atoms with Gasteiger partial charge in [0.1, 0.15) is 60.3 Å². The van der Waals surface area contributed by atoms with Gasteiger partial charge in [0.25, 0.3) is 0 Å². The number of rotatable bonds is 16. The maximum absolute atomic E-state index is 12.6. The van der Waals surface area contributed by atoms with Gasteiger partial charge >= 0.3 is 31.3 Å². The summed E-state index contributed by atoms with van der Waals surface area (Å²) in [5.41, 5.74) is 11.8. The molecule has 4 aromatic rings. The molecule has 2 fully saturated rings. The van der Waals surface area contributed by atoms with Crippen LogP contribution >= 0.6 is 38.8 Å². The summed E-state index contributed by atoms with van der Waals surface area (Å²) in [4.78, 5) is 62.9. The van der Waals surface area contributed by atoms with Crippen LogP contribution in [-0.4, -0.2) is 136 Å². The van der Waals surface area contributed by atoms with Crippen molar-refractivity contribution in [1.82, 2.24) is 39.0 Å². The van der Waals surface area contributed by atoms with Crippen LogP contribution in [0.1, 0.15) is 12.5 Å². The van der Waals surface area contributed by atoms with Crippen LogP contribution in [0.4, 0.5) is 11.6 Å². The fourth-order valence-corrected chi connectivity index (χ4v) is 11.8. The molecule has 0 saturated carbocycles. The largest absolute Gasteiger partial charge is 0.490 e. The summed E-state index contributed by atoms with van der Waals surface area (Å²) in [5, 5.41) is 41.9. The second kappa shape index (κ2) is 16.0. The van der Waals surface area contributed by atoms with Gasteiger partial charge in [-0.3, -0.25) is 13.7 Å². The molecular formula is C20H28BN10O21P5-. The highest BCUT2D eigenvalue weighted by Gasteiger charge is 2.49. The lowest BCUT2D eigenvalue weighted by molar-refractivity contribution is -0.0503. The van der Waals surface area contributed by atoms with Crippen molar-refractivity contribution >= 4 is 80.3 Å². The summed E-state index contributed by atoms with van der Waals surface area (Å²) in [5.74, 6) is -0.0549. The monoisotopic (exact) mass is 910 g/mol. The van der Waals surface area contributed by atoms with E-state index in [0.29, 0.717) is 0 Å². The van der Waals surface area contributed by atoms with Gasteiger partial charge in [-0.1, -0.05) is 0 Å². The smallest absolute Gasteiger partial charge is 0.443 e. The lowest BCUT2D eigenvalue weighted by Gasteiger charge is -2.29. The maximum Gasteiger partial charge on any atom is 0.490 e. The number of aliphatic hydroxyl groups excluding tert-OH is 4. The van der Waals surface area contributed by atoms with Crippen LogP contribution in [0, 0.1) is 0 Å². The molecule has 5 unspecified atom stereocenters. The normalized spacial score (nSPS) is 30.8. The molecule has 4 aromatic heterocycles. The SMILES string of the molecule is [B-]P(=O)(OC[C@H]1O[C@@H](n2cnc3c(N)ncnc32)[C@H](O)[C@@H]1O)OP(=O)(O)OP(=O)(O)OP(=O)(O)OP(=O)(O)OC[C@H]1O[C@@H](n2cnc3c(N)ncnc32)[C@H](O)[C@@H]1O. The molecule has 313 valence electrons. The molecule has 2 saturated heterocycles. The Morgan fingerprint density at radius 1 is 0.596 bits per heavy atom. The molecule has 0 spiro atoms. The number of hydrogen-bond acceptors (Lipinski definition) is 25.